The first-order chi connectivity index (χ1) is 12.1. The fourth-order valence-corrected chi connectivity index (χ4v) is 5.00. The molecule has 0 saturated carbocycles. The minimum Gasteiger partial charge on any atom is -0.367 e. The van der Waals surface area contributed by atoms with Crippen LogP contribution in [0.3, 0.4) is 0 Å². The predicted octanol–water partition coefficient (Wildman–Crippen LogP) is 1.77. The van der Waals surface area contributed by atoms with Crippen LogP contribution < -0.4 is 4.90 Å². The van der Waals surface area contributed by atoms with Crippen LogP contribution in [0.15, 0.2) is 28.5 Å². The second-order valence-electron chi connectivity index (χ2n) is 6.46. The summed E-state index contributed by atoms with van der Waals surface area (Å²) < 4.78 is 27.8. The summed E-state index contributed by atoms with van der Waals surface area (Å²) in [6.45, 7) is 6.38. The van der Waals surface area contributed by atoms with Gasteiger partial charge in [0.25, 0.3) is 0 Å². The van der Waals surface area contributed by atoms with E-state index >= 15 is 0 Å². The second-order valence-corrected chi connectivity index (χ2v) is 8.36. The largest absolute Gasteiger partial charge is 0.367 e. The van der Waals surface area contributed by atoms with Gasteiger partial charge < -0.3 is 4.90 Å². The Labute approximate surface area is 150 Å². The fraction of sp³-hybridized carbons (Fsp3) is 0.647. The van der Waals surface area contributed by atoms with Crippen molar-refractivity contribution in [2.45, 2.75) is 37.5 Å². The number of sulfonamides is 1. The lowest BCUT2D eigenvalue weighted by Gasteiger charge is -2.36. The highest BCUT2D eigenvalue weighted by molar-refractivity contribution is 7.89. The molecule has 138 valence electrons. The number of piperazine rings is 1. The molecule has 1 aromatic rings. The van der Waals surface area contributed by atoms with E-state index in [1.54, 1.807) is 10.5 Å². The van der Waals surface area contributed by atoms with Crippen LogP contribution in [0.5, 0.6) is 0 Å². The van der Waals surface area contributed by atoms with Gasteiger partial charge in [0, 0.05) is 44.8 Å². The van der Waals surface area contributed by atoms with Crippen molar-refractivity contribution in [3.8, 4) is 0 Å². The van der Waals surface area contributed by atoms with Crippen molar-refractivity contribution in [2.75, 3.05) is 44.2 Å². The molecule has 3 heterocycles. The Hall–Kier alpha value is -1.67. The average molecular weight is 366 g/mol. The van der Waals surface area contributed by atoms with Crippen molar-refractivity contribution in [1.29, 1.82) is 0 Å². The van der Waals surface area contributed by atoms with E-state index in [-0.39, 0.29) is 0 Å². The first-order valence-corrected chi connectivity index (χ1v) is 10.5. The van der Waals surface area contributed by atoms with Crippen LogP contribution in [0.25, 0.3) is 0 Å². The molecule has 3 rings (SSSR count). The summed E-state index contributed by atoms with van der Waals surface area (Å²) in [6.07, 6.45) is 8.97. The highest BCUT2D eigenvalue weighted by Crippen LogP contribution is 2.29. The minimum absolute atomic E-state index is 0.336. The zero-order chi connectivity index (χ0) is 17.7. The topological polar surface area (TPSA) is 69.1 Å². The van der Waals surface area contributed by atoms with Gasteiger partial charge in [-0.3, -0.25) is 9.99 Å². The number of aromatic nitrogens is 1. The van der Waals surface area contributed by atoms with E-state index in [0.717, 1.165) is 57.5 Å². The fourth-order valence-electron chi connectivity index (χ4n) is 3.33. The summed E-state index contributed by atoms with van der Waals surface area (Å²) in [5.74, 6) is 0. The summed E-state index contributed by atoms with van der Waals surface area (Å²) in [6, 6.07) is 1.82. The average Bonchev–Trinajstić information content (AvgIpc) is 2.67. The van der Waals surface area contributed by atoms with Crippen LogP contribution >= 0.6 is 0 Å². The molecule has 25 heavy (non-hydrogen) atoms. The number of piperidine rings is 1. The Morgan fingerprint density at radius 1 is 1.12 bits per heavy atom. The van der Waals surface area contributed by atoms with Gasteiger partial charge in [-0.25, -0.2) is 8.42 Å². The van der Waals surface area contributed by atoms with E-state index in [4.69, 9.17) is 0 Å². The maximum atomic E-state index is 13.1. The van der Waals surface area contributed by atoms with Gasteiger partial charge in [-0.2, -0.15) is 9.41 Å². The standard InChI is InChI=1S/C17H27N5O2S/c1-2-7-19-21-13-11-20(12-14-21)16-6-8-18-15-17(16)25(23,24)22-9-4-3-5-10-22/h6-8,15H,2-5,9-14H2,1H3/b19-7+. The van der Waals surface area contributed by atoms with Crippen molar-refractivity contribution >= 4 is 21.9 Å². The van der Waals surface area contributed by atoms with Crippen molar-refractivity contribution < 1.29 is 8.42 Å². The SMILES string of the molecule is CC/C=N/N1CCN(c2ccncc2S(=O)(=O)N2CCCCC2)CC1. The third kappa shape index (κ3) is 4.12. The van der Waals surface area contributed by atoms with Crippen molar-refractivity contribution in [3.63, 3.8) is 0 Å². The lowest BCUT2D eigenvalue weighted by Crippen LogP contribution is -2.45. The summed E-state index contributed by atoms with van der Waals surface area (Å²) >= 11 is 0. The Balaban J connectivity index is 1.79. The van der Waals surface area contributed by atoms with Crippen molar-refractivity contribution in [1.82, 2.24) is 14.3 Å². The Kier molecular flexibility index (Phi) is 5.90. The van der Waals surface area contributed by atoms with Gasteiger partial charge >= 0.3 is 0 Å². The molecule has 0 unspecified atom stereocenters. The highest BCUT2D eigenvalue weighted by atomic mass is 32.2. The molecule has 0 radical (unpaired) electrons. The second kappa shape index (κ2) is 8.14. The lowest BCUT2D eigenvalue weighted by molar-refractivity contribution is 0.271. The summed E-state index contributed by atoms with van der Waals surface area (Å²) in [5.41, 5.74) is 0.764. The summed E-state index contributed by atoms with van der Waals surface area (Å²) in [5, 5.41) is 6.46. The Bertz CT molecular complexity index is 693. The zero-order valence-corrected chi connectivity index (χ0v) is 15.7. The molecular formula is C17H27N5O2S. The summed E-state index contributed by atoms with van der Waals surface area (Å²) in [7, 11) is -3.48. The third-order valence-corrected chi connectivity index (χ3v) is 6.64. The van der Waals surface area contributed by atoms with Crippen LogP contribution in [0.4, 0.5) is 5.69 Å². The molecule has 8 heteroatoms. The van der Waals surface area contributed by atoms with Crippen LogP contribution in [0.2, 0.25) is 0 Å². The van der Waals surface area contributed by atoms with Gasteiger partial charge in [0.1, 0.15) is 4.90 Å². The van der Waals surface area contributed by atoms with Gasteiger partial charge in [0.15, 0.2) is 0 Å². The normalized spacial score (nSPS) is 20.4. The van der Waals surface area contributed by atoms with E-state index in [9.17, 15) is 8.42 Å². The smallest absolute Gasteiger partial charge is 0.246 e. The molecule has 2 aliphatic heterocycles. The molecule has 2 aliphatic rings. The summed E-state index contributed by atoms with van der Waals surface area (Å²) in [4.78, 5) is 6.56. The van der Waals surface area contributed by atoms with Crippen LogP contribution in [0, 0.1) is 0 Å². The van der Waals surface area contributed by atoms with Gasteiger partial charge in [-0.05, 0) is 25.3 Å². The Morgan fingerprint density at radius 2 is 1.84 bits per heavy atom. The molecule has 1 aromatic heterocycles. The number of nitrogens with zero attached hydrogens (tertiary/aromatic N) is 5. The predicted molar refractivity (Wildman–Crippen MR) is 99.4 cm³/mol. The van der Waals surface area contributed by atoms with E-state index in [1.165, 1.54) is 6.20 Å². The molecule has 7 nitrogen and oxygen atoms in total. The number of pyridine rings is 1. The monoisotopic (exact) mass is 365 g/mol. The molecule has 2 saturated heterocycles. The molecule has 0 amide bonds. The van der Waals surface area contributed by atoms with Crippen LogP contribution in [0.1, 0.15) is 32.6 Å². The quantitative estimate of drug-likeness (QED) is 0.744. The number of anilines is 1. The van der Waals surface area contributed by atoms with E-state index in [2.05, 4.69) is 21.9 Å². The van der Waals surface area contributed by atoms with Gasteiger partial charge in [0.05, 0.1) is 18.8 Å². The number of rotatable bonds is 5. The molecule has 0 atom stereocenters. The van der Waals surface area contributed by atoms with E-state index < -0.39 is 10.0 Å². The molecule has 0 N–H and O–H groups in total. The van der Waals surface area contributed by atoms with E-state index in [1.807, 2.05) is 17.3 Å². The Morgan fingerprint density at radius 3 is 2.52 bits per heavy atom. The van der Waals surface area contributed by atoms with Crippen LogP contribution in [-0.4, -0.2) is 68.2 Å². The maximum absolute atomic E-state index is 13.1. The molecule has 2 fully saturated rings. The van der Waals surface area contributed by atoms with Gasteiger partial charge in [-0.15, -0.1) is 0 Å². The first-order valence-electron chi connectivity index (χ1n) is 9.09. The number of hydrazone groups is 1. The molecule has 0 aromatic carbocycles. The molecule has 0 spiro atoms. The molecule has 0 bridgehead atoms. The van der Waals surface area contributed by atoms with Crippen LogP contribution in [-0.2, 0) is 10.0 Å². The number of hydrogen-bond acceptors (Lipinski definition) is 6. The highest BCUT2D eigenvalue weighted by Gasteiger charge is 2.30. The van der Waals surface area contributed by atoms with E-state index in [0.29, 0.717) is 18.0 Å². The molecule has 0 aliphatic carbocycles. The third-order valence-electron chi connectivity index (χ3n) is 4.72. The van der Waals surface area contributed by atoms with Gasteiger partial charge in [0.2, 0.25) is 10.0 Å². The number of hydrogen-bond donors (Lipinski definition) is 0. The van der Waals surface area contributed by atoms with Gasteiger partial charge in [-0.1, -0.05) is 13.3 Å². The molecular weight excluding hydrogens is 338 g/mol. The first kappa shape index (κ1) is 18.1. The lowest BCUT2D eigenvalue weighted by atomic mass is 10.2. The minimum atomic E-state index is -3.48. The van der Waals surface area contributed by atoms with Crippen molar-refractivity contribution in [2.24, 2.45) is 5.10 Å². The zero-order valence-electron chi connectivity index (χ0n) is 14.8. The maximum Gasteiger partial charge on any atom is 0.246 e. The van der Waals surface area contributed by atoms with Crippen molar-refractivity contribution in [3.05, 3.63) is 18.5 Å².